The van der Waals surface area contributed by atoms with Gasteiger partial charge in [-0.3, -0.25) is 0 Å². The molecule has 0 saturated carbocycles. The van der Waals surface area contributed by atoms with Gasteiger partial charge in [0.15, 0.2) is 0 Å². The lowest BCUT2D eigenvalue weighted by Crippen LogP contribution is -2.39. The third-order valence-corrected chi connectivity index (χ3v) is 3.39. The molecule has 1 aliphatic heterocycles. The predicted molar refractivity (Wildman–Crippen MR) is 28.3 cm³/mol. The molecule has 8 heteroatoms. The Kier molecular flexibility index (Phi) is 1.69. The summed E-state index contributed by atoms with van der Waals surface area (Å²) in [4.78, 5) is 0. The van der Waals surface area contributed by atoms with Crippen molar-refractivity contribution < 1.29 is 30.4 Å². The van der Waals surface area contributed by atoms with Crippen LogP contribution in [0.25, 0.3) is 0 Å². The van der Waals surface area contributed by atoms with Crippen molar-refractivity contribution in [3.05, 3.63) is 0 Å². The van der Waals surface area contributed by atoms with E-state index in [1.807, 2.05) is 0 Å². The van der Waals surface area contributed by atoms with Crippen molar-refractivity contribution in [3.8, 4) is 0 Å². The van der Waals surface area contributed by atoms with Crippen LogP contribution in [0.15, 0.2) is 0 Å². The summed E-state index contributed by atoms with van der Waals surface area (Å²) in [6.45, 7) is 0. The fourth-order valence-corrected chi connectivity index (χ4v) is 2.05. The van der Waals surface area contributed by atoms with Crippen LogP contribution < -0.4 is 0 Å². The first-order chi connectivity index (χ1) is 5.13. The molecule has 1 unspecified atom stereocenters. The first-order valence-electron chi connectivity index (χ1n) is 2.76. The summed E-state index contributed by atoms with van der Waals surface area (Å²) in [7, 11) is -5.66. The number of rotatable bonds is 0. The molecule has 1 atom stereocenters. The van der Waals surface area contributed by atoms with Crippen LogP contribution in [0.3, 0.4) is 0 Å². The van der Waals surface area contributed by atoms with Crippen molar-refractivity contribution in [1.82, 2.24) is 0 Å². The van der Waals surface area contributed by atoms with Crippen LogP contribution in [-0.4, -0.2) is 25.1 Å². The molecule has 1 aliphatic rings. The molecule has 0 aromatic heterocycles. The van der Waals surface area contributed by atoms with Gasteiger partial charge in [-0.15, -0.1) is 0 Å². The van der Waals surface area contributed by atoms with Crippen molar-refractivity contribution in [2.24, 2.45) is 0 Å². The Balaban J connectivity index is 3.29. The van der Waals surface area contributed by atoms with E-state index < -0.39 is 32.9 Å². The maximum Gasteiger partial charge on any atom is 0.410 e. The summed E-state index contributed by atoms with van der Waals surface area (Å²) in [6.07, 6.45) is -1.97. The maximum absolute atomic E-state index is 12.2. The molecule has 0 radical (unpaired) electrons. The van der Waals surface area contributed by atoms with Gasteiger partial charge >= 0.3 is 11.2 Å². The van der Waals surface area contributed by atoms with E-state index in [9.17, 15) is 30.4 Å². The van der Waals surface area contributed by atoms with Gasteiger partial charge in [0.2, 0.25) is 5.50 Å². The van der Waals surface area contributed by atoms with Gasteiger partial charge in [0, 0.05) is 0 Å². The minimum absolute atomic E-state index is 1.97. The Labute approximate surface area is 64.3 Å². The van der Waals surface area contributed by atoms with Crippen molar-refractivity contribution in [2.45, 2.75) is 23.1 Å². The zero-order chi connectivity index (χ0) is 9.78. The Hall–Kier alpha value is -0.400. The predicted octanol–water partition coefficient (Wildman–Crippen LogP) is 1.33. The van der Waals surface area contributed by atoms with Gasteiger partial charge in [-0.2, -0.15) is 17.6 Å². The van der Waals surface area contributed by atoms with E-state index in [4.69, 9.17) is 0 Å². The van der Waals surface area contributed by atoms with Crippen molar-refractivity contribution >= 4 is 9.84 Å². The number of alkyl halides is 5. The molecule has 0 spiro atoms. The Morgan fingerprint density at radius 3 is 1.67 bits per heavy atom. The second-order valence-electron chi connectivity index (χ2n) is 2.38. The summed E-state index contributed by atoms with van der Waals surface area (Å²) < 4.78 is 81.1. The molecule has 0 aromatic carbocycles. The third-order valence-electron chi connectivity index (χ3n) is 1.54. The van der Waals surface area contributed by atoms with Crippen LogP contribution in [0.2, 0.25) is 0 Å². The van der Waals surface area contributed by atoms with E-state index in [0.29, 0.717) is 0 Å². The summed E-state index contributed by atoms with van der Waals surface area (Å²) in [5.74, 6) is -4.80. The number of hydrogen-bond donors (Lipinski definition) is 0. The van der Waals surface area contributed by atoms with E-state index in [0.717, 1.165) is 0 Å². The average Bonchev–Trinajstić information content (AvgIpc) is 1.92. The zero-order valence-corrected chi connectivity index (χ0v) is 6.22. The van der Waals surface area contributed by atoms with Crippen LogP contribution in [-0.2, 0) is 9.84 Å². The third kappa shape index (κ3) is 0.868. The first kappa shape index (κ1) is 9.69. The largest absolute Gasteiger partial charge is 0.410 e. The van der Waals surface area contributed by atoms with Gasteiger partial charge in [-0.1, -0.05) is 0 Å². The minimum atomic E-state index is -5.66. The fraction of sp³-hybridized carbons (Fsp3) is 1.00. The van der Waals surface area contributed by atoms with Crippen LogP contribution in [0.4, 0.5) is 22.0 Å². The van der Waals surface area contributed by atoms with Crippen LogP contribution in [0, 0.1) is 0 Å². The van der Waals surface area contributed by atoms with Gasteiger partial charge in [-0.25, -0.2) is 12.8 Å². The summed E-state index contributed by atoms with van der Waals surface area (Å²) in [5.41, 5.74) is -3.18. The number of halogens is 5. The van der Waals surface area contributed by atoms with Crippen LogP contribution in [0.1, 0.15) is 6.42 Å². The lowest BCUT2D eigenvalue weighted by molar-refractivity contribution is -0.150. The molecule has 72 valence electrons. The van der Waals surface area contributed by atoms with Gasteiger partial charge in [0.1, 0.15) is 0 Å². The topological polar surface area (TPSA) is 34.1 Å². The van der Waals surface area contributed by atoms with E-state index in [-0.39, 0.29) is 0 Å². The molecular formula is C4H3F5O2S. The van der Waals surface area contributed by atoms with Gasteiger partial charge in [0.05, 0.1) is 6.42 Å². The van der Waals surface area contributed by atoms with Gasteiger partial charge < -0.3 is 0 Å². The minimum Gasteiger partial charge on any atom is -0.230 e. The van der Waals surface area contributed by atoms with Crippen molar-refractivity contribution in [1.29, 1.82) is 0 Å². The maximum atomic E-state index is 12.2. The highest BCUT2D eigenvalue weighted by Gasteiger charge is 2.74. The second-order valence-corrected chi connectivity index (χ2v) is 4.49. The van der Waals surface area contributed by atoms with Crippen molar-refractivity contribution in [3.63, 3.8) is 0 Å². The van der Waals surface area contributed by atoms with Gasteiger partial charge in [-0.05, 0) is 0 Å². The highest BCUT2D eigenvalue weighted by atomic mass is 32.2. The quantitative estimate of drug-likeness (QED) is 0.565. The van der Waals surface area contributed by atoms with Crippen molar-refractivity contribution in [2.75, 3.05) is 0 Å². The summed E-state index contributed by atoms with van der Waals surface area (Å²) in [6, 6.07) is 0. The number of hydrogen-bond acceptors (Lipinski definition) is 2. The van der Waals surface area contributed by atoms with Crippen LogP contribution >= 0.6 is 0 Å². The van der Waals surface area contributed by atoms with Crippen LogP contribution in [0.5, 0.6) is 0 Å². The Morgan fingerprint density at radius 1 is 1.17 bits per heavy atom. The highest BCUT2D eigenvalue weighted by molar-refractivity contribution is 7.93. The lowest BCUT2D eigenvalue weighted by atomic mass is 10.3. The molecular weight excluding hydrogens is 207 g/mol. The molecule has 12 heavy (non-hydrogen) atoms. The normalized spacial score (nSPS) is 36.6. The Bertz CT molecular complexity index is 295. The lowest BCUT2D eigenvalue weighted by Gasteiger charge is -2.15. The molecule has 0 aliphatic carbocycles. The van der Waals surface area contributed by atoms with E-state index in [1.54, 1.807) is 0 Å². The molecule has 0 aromatic rings. The summed E-state index contributed by atoms with van der Waals surface area (Å²) in [5, 5.41) is -5.28. The Morgan fingerprint density at radius 2 is 1.58 bits per heavy atom. The average molecular weight is 210 g/mol. The van der Waals surface area contributed by atoms with E-state index >= 15 is 0 Å². The monoisotopic (exact) mass is 210 g/mol. The molecule has 1 saturated heterocycles. The molecule has 2 nitrogen and oxygen atoms in total. The van der Waals surface area contributed by atoms with E-state index in [1.165, 1.54) is 0 Å². The zero-order valence-electron chi connectivity index (χ0n) is 5.40. The molecule has 0 bridgehead atoms. The second kappa shape index (κ2) is 2.09. The first-order valence-corrected chi connectivity index (χ1v) is 4.31. The highest BCUT2D eigenvalue weighted by Crippen LogP contribution is 2.51. The molecule has 0 N–H and O–H groups in total. The molecule has 1 rings (SSSR count). The number of sulfone groups is 1. The molecule has 0 amide bonds. The molecule has 1 fully saturated rings. The smallest absolute Gasteiger partial charge is 0.230 e. The fourth-order valence-electron chi connectivity index (χ4n) is 0.799. The summed E-state index contributed by atoms with van der Waals surface area (Å²) >= 11 is 0. The van der Waals surface area contributed by atoms with E-state index in [2.05, 4.69) is 0 Å². The van der Waals surface area contributed by atoms with Gasteiger partial charge in [0.25, 0.3) is 9.84 Å². The standard InChI is InChI=1S/C4H3F5O2S/c5-2-1-3(6,7)4(8,9)12(2,10)11/h2H,1H2. The SMILES string of the molecule is O=S1(=O)C(F)CC(F)(F)C1(F)F. The molecule has 1 heterocycles.